The number of benzene rings is 2. The number of fused-ring (bicyclic) bond motifs is 1. The Labute approximate surface area is 173 Å². The van der Waals surface area contributed by atoms with E-state index in [-0.39, 0.29) is 36.8 Å². The summed E-state index contributed by atoms with van der Waals surface area (Å²) >= 11 is 0. The molecule has 0 radical (unpaired) electrons. The number of nitrogens with one attached hydrogen (secondary N) is 1. The number of carbonyl (C=O) groups excluding carboxylic acids is 1. The fraction of sp³-hybridized carbons (Fsp3) is 0.273. The minimum absolute atomic E-state index is 0.0514. The lowest BCUT2D eigenvalue weighted by Gasteiger charge is -2.17. The van der Waals surface area contributed by atoms with Crippen LogP contribution in [0.25, 0.3) is 0 Å². The summed E-state index contributed by atoms with van der Waals surface area (Å²) in [6, 6.07) is 15.3. The summed E-state index contributed by atoms with van der Waals surface area (Å²) in [5.41, 5.74) is 1.92. The second kappa shape index (κ2) is 8.77. The minimum atomic E-state index is -0.320. The maximum Gasteiger partial charge on any atom is 0.272 e. The lowest BCUT2D eigenvalue weighted by atomic mass is 10.1. The zero-order valence-electron chi connectivity index (χ0n) is 16.6. The Morgan fingerprint density at radius 2 is 1.87 bits per heavy atom. The Bertz CT molecular complexity index is 1100. The highest BCUT2D eigenvalue weighted by Crippen LogP contribution is 2.32. The molecule has 0 aliphatic carbocycles. The van der Waals surface area contributed by atoms with E-state index >= 15 is 0 Å². The highest BCUT2D eigenvalue weighted by atomic mass is 16.7. The van der Waals surface area contributed by atoms with E-state index < -0.39 is 0 Å². The van der Waals surface area contributed by atoms with Crippen LogP contribution in [0.5, 0.6) is 11.5 Å². The quantitative estimate of drug-likeness (QED) is 0.645. The molecule has 0 saturated heterocycles. The first-order chi connectivity index (χ1) is 14.6. The molecular weight excluding hydrogens is 384 g/mol. The molecule has 0 spiro atoms. The van der Waals surface area contributed by atoms with Crippen LogP contribution in [-0.4, -0.2) is 39.8 Å². The number of aromatic nitrogens is 3. The molecule has 2 heterocycles. The Hall–Kier alpha value is -3.68. The molecule has 1 amide bonds. The average molecular weight is 406 g/mol. The average Bonchev–Trinajstić information content (AvgIpc) is 3.21. The molecule has 3 aromatic rings. The number of ether oxygens (including phenoxy) is 2. The van der Waals surface area contributed by atoms with Crippen molar-refractivity contribution in [2.24, 2.45) is 0 Å². The zero-order chi connectivity index (χ0) is 20.9. The number of hydrogen-bond donors (Lipinski definition) is 1. The van der Waals surface area contributed by atoms with Crippen molar-refractivity contribution < 1.29 is 14.3 Å². The summed E-state index contributed by atoms with van der Waals surface area (Å²) in [6.07, 6.45) is 0.852. The third kappa shape index (κ3) is 4.65. The van der Waals surface area contributed by atoms with Gasteiger partial charge in [-0.1, -0.05) is 36.4 Å². The van der Waals surface area contributed by atoms with Gasteiger partial charge >= 0.3 is 0 Å². The van der Waals surface area contributed by atoms with Crippen LogP contribution in [0.2, 0.25) is 0 Å². The molecule has 0 saturated carbocycles. The molecule has 154 valence electrons. The molecule has 4 rings (SSSR count). The second-order valence-corrected chi connectivity index (χ2v) is 7.15. The molecule has 30 heavy (non-hydrogen) atoms. The first-order valence-corrected chi connectivity index (χ1v) is 9.69. The molecule has 1 N–H and O–H groups in total. The van der Waals surface area contributed by atoms with E-state index in [0.29, 0.717) is 30.3 Å². The molecule has 8 heteroatoms. The molecule has 1 aliphatic rings. The summed E-state index contributed by atoms with van der Waals surface area (Å²) in [5, 5.41) is 8.16. The third-order valence-electron chi connectivity index (χ3n) is 4.88. The van der Waals surface area contributed by atoms with Crippen molar-refractivity contribution in [1.82, 2.24) is 20.1 Å². The third-order valence-corrected chi connectivity index (χ3v) is 4.88. The van der Waals surface area contributed by atoms with Crippen LogP contribution in [0, 0.1) is 0 Å². The van der Waals surface area contributed by atoms with Gasteiger partial charge in [-0.25, -0.2) is 0 Å². The van der Waals surface area contributed by atoms with E-state index in [1.165, 1.54) is 0 Å². The van der Waals surface area contributed by atoms with Gasteiger partial charge < -0.3 is 19.4 Å². The van der Waals surface area contributed by atoms with Crippen LogP contribution >= 0.6 is 0 Å². The molecule has 2 aromatic carbocycles. The number of amides is 1. The van der Waals surface area contributed by atoms with Gasteiger partial charge in [-0.15, -0.1) is 10.2 Å². The van der Waals surface area contributed by atoms with E-state index in [0.717, 1.165) is 11.1 Å². The van der Waals surface area contributed by atoms with Gasteiger partial charge in [0.25, 0.3) is 5.56 Å². The van der Waals surface area contributed by atoms with Crippen LogP contribution in [0.1, 0.15) is 29.1 Å². The molecular formula is C22H22N4O4. The summed E-state index contributed by atoms with van der Waals surface area (Å²) in [7, 11) is 1.75. The SMILES string of the molecule is CN(Cc1ccccc1)C(=O)CCc1nnc(Cc2ccc3c(c2)OCO3)[nH]c1=O. The Morgan fingerprint density at radius 1 is 1.07 bits per heavy atom. The predicted octanol–water partition coefficient (Wildman–Crippen LogP) is 2.08. The van der Waals surface area contributed by atoms with Crippen LogP contribution < -0.4 is 15.0 Å². The van der Waals surface area contributed by atoms with E-state index in [4.69, 9.17) is 9.47 Å². The maximum atomic E-state index is 12.4. The Balaban J connectivity index is 1.34. The van der Waals surface area contributed by atoms with Gasteiger partial charge in [-0.05, 0) is 23.3 Å². The first kappa shape index (κ1) is 19.6. The normalized spacial score (nSPS) is 12.0. The number of aromatic amines is 1. The molecule has 8 nitrogen and oxygen atoms in total. The highest BCUT2D eigenvalue weighted by Gasteiger charge is 2.15. The fourth-order valence-corrected chi connectivity index (χ4v) is 3.24. The van der Waals surface area contributed by atoms with Gasteiger partial charge in [-0.2, -0.15) is 0 Å². The molecule has 0 atom stereocenters. The number of H-pyrrole nitrogens is 1. The lowest BCUT2D eigenvalue weighted by molar-refractivity contribution is -0.130. The van der Waals surface area contributed by atoms with Gasteiger partial charge in [0.2, 0.25) is 12.7 Å². The van der Waals surface area contributed by atoms with Gasteiger partial charge in [0, 0.05) is 32.9 Å². The monoisotopic (exact) mass is 406 g/mol. The van der Waals surface area contributed by atoms with Crippen molar-refractivity contribution in [1.29, 1.82) is 0 Å². The summed E-state index contributed by atoms with van der Waals surface area (Å²) in [5.74, 6) is 1.78. The standard InChI is InChI=1S/C22H22N4O4/c1-26(13-15-5-3-2-4-6-15)21(27)10-8-17-22(28)23-20(25-24-17)12-16-7-9-18-19(11-16)30-14-29-18/h2-7,9,11H,8,10,12-14H2,1H3,(H,23,25,28). The lowest BCUT2D eigenvalue weighted by Crippen LogP contribution is -2.28. The van der Waals surface area contributed by atoms with Crippen molar-refractivity contribution >= 4 is 5.91 Å². The van der Waals surface area contributed by atoms with Crippen LogP contribution in [0.3, 0.4) is 0 Å². The summed E-state index contributed by atoms with van der Waals surface area (Å²) in [6.45, 7) is 0.736. The van der Waals surface area contributed by atoms with E-state index in [9.17, 15) is 9.59 Å². The topological polar surface area (TPSA) is 97.4 Å². The van der Waals surface area contributed by atoms with E-state index in [1.807, 2.05) is 48.5 Å². The highest BCUT2D eigenvalue weighted by molar-refractivity contribution is 5.76. The number of hydrogen-bond acceptors (Lipinski definition) is 6. The molecule has 0 bridgehead atoms. The Morgan fingerprint density at radius 3 is 2.67 bits per heavy atom. The predicted molar refractivity (Wildman–Crippen MR) is 109 cm³/mol. The first-order valence-electron chi connectivity index (χ1n) is 9.69. The van der Waals surface area contributed by atoms with Gasteiger partial charge in [0.1, 0.15) is 11.5 Å². The van der Waals surface area contributed by atoms with Gasteiger partial charge in [0.05, 0.1) is 0 Å². The van der Waals surface area contributed by atoms with Crippen molar-refractivity contribution in [2.45, 2.75) is 25.8 Å². The number of nitrogens with zero attached hydrogens (tertiary/aromatic N) is 3. The van der Waals surface area contributed by atoms with Gasteiger partial charge in [0.15, 0.2) is 11.5 Å². The number of carbonyl (C=O) groups is 1. The van der Waals surface area contributed by atoms with Crippen LogP contribution in [0.4, 0.5) is 0 Å². The van der Waals surface area contributed by atoms with E-state index in [2.05, 4.69) is 15.2 Å². The largest absolute Gasteiger partial charge is 0.454 e. The summed E-state index contributed by atoms with van der Waals surface area (Å²) in [4.78, 5) is 29.1. The second-order valence-electron chi connectivity index (χ2n) is 7.15. The van der Waals surface area contributed by atoms with Crippen LogP contribution in [-0.2, 0) is 24.2 Å². The maximum absolute atomic E-state index is 12.4. The number of aryl methyl sites for hydroxylation is 1. The molecule has 0 fully saturated rings. The minimum Gasteiger partial charge on any atom is -0.454 e. The van der Waals surface area contributed by atoms with E-state index in [1.54, 1.807) is 11.9 Å². The Kier molecular flexibility index (Phi) is 5.74. The van der Waals surface area contributed by atoms with Crippen molar-refractivity contribution in [2.75, 3.05) is 13.8 Å². The smallest absolute Gasteiger partial charge is 0.272 e. The molecule has 1 aliphatic heterocycles. The fourth-order valence-electron chi connectivity index (χ4n) is 3.24. The van der Waals surface area contributed by atoms with Crippen LogP contribution in [0.15, 0.2) is 53.3 Å². The van der Waals surface area contributed by atoms with Crippen molar-refractivity contribution in [3.63, 3.8) is 0 Å². The zero-order valence-corrected chi connectivity index (χ0v) is 16.6. The molecule has 0 unspecified atom stereocenters. The van der Waals surface area contributed by atoms with Crippen molar-refractivity contribution in [3.8, 4) is 11.5 Å². The van der Waals surface area contributed by atoms with Crippen molar-refractivity contribution in [3.05, 3.63) is 81.5 Å². The number of rotatable bonds is 7. The summed E-state index contributed by atoms with van der Waals surface area (Å²) < 4.78 is 10.7. The van der Waals surface area contributed by atoms with Gasteiger partial charge in [-0.3, -0.25) is 9.59 Å². The molecule has 1 aromatic heterocycles.